The molecule has 0 saturated carbocycles. The van der Waals surface area contributed by atoms with Crippen LogP contribution in [0.25, 0.3) is 0 Å². The van der Waals surface area contributed by atoms with Crippen LogP contribution in [-0.4, -0.2) is 9.55 Å². The fraction of sp³-hybridized carbons (Fsp3) is 0.462. The van der Waals surface area contributed by atoms with Gasteiger partial charge in [0.1, 0.15) is 11.4 Å². The normalized spacial score (nSPS) is 15.0. The van der Waals surface area contributed by atoms with E-state index in [0.717, 1.165) is 24.2 Å². The average molecular weight is 198 g/mol. The van der Waals surface area contributed by atoms with Crippen molar-refractivity contribution in [2.75, 3.05) is 0 Å². The fourth-order valence-electron chi connectivity index (χ4n) is 1.57. The number of imidazole rings is 1. The first-order chi connectivity index (χ1) is 7.38. The molecule has 0 N–H and O–H groups in total. The van der Waals surface area contributed by atoms with Crippen molar-refractivity contribution < 1.29 is 0 Å². The van der Waals surface area contributed by atoms with E-state index in [-0.39, 0.29) is 0 Å². The molecule has 0 fully saturated rings. The highest BCUT2D eigenvalue weighted by Crippen LogP contribution is 2.06. The second kappa shape index (κ2) is 4.71. The Bertz CT molecular complexity index is 460. The Morgan fingerprint density at radius 2 is 1.87 bits per heavy atom. The van der Waals surface area contributed by atoms with Gasteiger partial charge in [0.05, 0.1) is 6.33 Å². The summed E-state index contributed by atoms with van der Waals surface area (Å²) < 4.78 is 1.94. The molecule has 76 valence electrons. The van der Waals surface area contributed by atoms with Gasteiger partial charge in [0.25, 0.3) is 0 Å². The predicted octanol–water partition coefficient (Wildman–Crippen LogP) is 2.09. The summed E-state index contributed by atoms with van der Waals surface area (Å²) in [6, 6.07) is 0. The summed E-state index contributed by atoms with van der Waals surface area (Å²) in [5.74, 6) is 12.6. The number of nitrogens with zero attached hydrogens (tertiary/aromatic N) is 2. The van der Waals surface area contributed by atoms with Gasteiger partial charge in [0.2, 0.25) is 0 Å². The van der Waals surface area contributed by atoms with Crippen molar-refractivity contribution in [3.8, 4) is 23.7 Å². The Morgan fingerprint density at radius 1 is 1.13 bits per heavy atom. The number of aryl methyl sites for hydroxylation is 1. The van der Waals surface area contributed by atoms with Crippen molar-refractivity contribution in [1.82, 2.24) is 9.55 Å². The number of rotatable bonds is 0. The lowest BCUT2D eigenvalue weighted by molar-refractivity contribution is 0.709. The fourth-order valence-corrected chi connectivity index (χ4v) is 1.57. The molecule has 15 heavy (non-hydrogen) atoms. The SMILES string of the molecule is Cn1cnc2c1C#CCCCCCC#C2. The zero-order valence-electron chi connectivity index (χ0n) is 9.01. The molecule has 1 aromatic rings. The third-order valence-corrected chi connectivity index (χ3v) is 2.45. The standard InChI is InChI=1S/C13H14N2/c1-15-11-14-12-9-7-5-3-2-4-6-8-10-13(12)15/h11H,2-6H2,1H3. The van der Waals surface area contributed by atoms with Gasteiger partial charge in [0, 0.05) is 19.9 Å². The largest absolute Gasteiger partial charge is 0.326 e. The minimum absolute atomic E-state index is 0.826. The number of fused-ring (bicyclic) bond motifs is 1. The van der Waals surface area contributed by atoms with Crippen molar-refractivity contribution in [1.29, 1.82) is 0 Å². The quantitative estimate of drug-likeness (QED) is 0.584. The smallest absolute Gasteiger partial charge is 0.147 e. The molecule has 0 atom stereocenters. The molecule has 1 aromatic heterocycles. The van der Waals surface area contributed by atoms with E-state index in [1.807, 2.05) is 11.6 Å². The van der Waals surface area contributed by atoms with Crippen LogP contribution in [0.4, 0.5) is 0 Å². The second-order valence-corrected chi connectivity index (χ2v) is 3.72. The van der Waals surface area contributed by atoms with E-state index in [9.17, 15) is 0 Å². The summed E-state index contributed by atoms with van der Waals surface area (Å²) in [6.45, 7) is 0. The van der Waals surface area contributed by atoms with E-state index in [0.29, 0.717) is 0 Å². The molecule has 1 aliphatic rings. The maximum absolute atomic E-state index is 4.25. The van der Waals surface area contributed by atoms with Crippen molar-refractivity contribution in [3.05, 3.63) is 17.7 Å². The Morgan fingerprint density at radius 3 is 2.67 bits per heavy atom. The molecular weight excluding hydrogens is 184 g/mol. The molecule has 0 bridgehead atoms. The highest BCUT2D eigenvalue weighted by Gasteiger charge is 2.02. The summed E-state index contributed by atoms with van der Waals surface area (Å²) in [5.41, 5.74) is 1.77. The van der Waals surface area contributed by atoms with Gasteiger partial charge in [-0.25, -0.2) is 4.98 Å². The Balaban J connectivity index is 2.36. The molecule has 2 nitrogen and oxygen atoms in total. The van der Waals surface area contributed by atoms with Gasteiger partial charge in [-0.05, 0) is 24.7 Å². The molecule has 2 heteroatoms. The maximum Gasteiger partial charge on any atom is 0.147 e. The van der Waals surface area contributed by atoms with Gasteiger partial charge in [-0.15, -0.1) is 0 Å². The van der Waals surface area contributed by atoms with Crippen LogP contribution in [0.5, 0.6) is 0 Å². The van der Waals surface area contributed by atoms with Crippen LogP contribution < -0.4 is 0 Å². The topological polar surface area (TPSA) is 17.8 Å². The predicted molar refractivity (Wildman–Crippen MR) is 60.0 cm³/mol. The first kappa shape index (κ1) is 9.87. The van der Waals surface area contributed by atoms with E-state index in [4.69, 9.17) is 0 Å². The molecule has 1 aliphatic carbocycles. The van der Waals surface area contributed by atoms with Crippen molar-refractivity contribution in [2.45, 2.75) is 32.1 Å². The van der Waals surface area contributed by atoms with Gasteiger partial charge in [-0.2, -0.15) is 0 Å². The lowest BCUT2D eigenvalue weighted by Crippen LogP contribution is -1.91. The molecule has 0 radical (unpaired) electrons. The van der Waals surface area contributed by atoms with E-state index in [1.165, 1.54) is 19.3 Å². The molecule has 0 aromatic carbocycles. The van der Waals surface area contributed by atoms with Crippen LogP contribution >= 0.6 is 0 Å². The molecule has 2 rings (SSSR count). The van der Waals surface area contributed by atoms with E-state index in [1.54, 1.807) is 6.33 Å². The maximum atomic E-state index is 4.25. The van der Waals surface area contributed by atoms with E-state index < -0.39 is 0 Å². The van der Waals surface area contributed by atoms with Crippen LogP contribution in [0.3, 0.4) is 0 Å². The first-order valence-electron chi connectivity index (χ1n) is 5.37. The monoisotopic (exact) mass is 198 g/mol. The van der Waals surface area contributed by atoms with Crippen LogP contribution in [-0.2, 0) is 7.05 Å². The van der Waals surface area contributed by atoms with Crippen LogP contribution in [0.2, 0.25) is 0 Å². The minimum atomic E-state index is 0.826. The lowest BCUT2D eigenvalue weighted by atomic mass is 10.1. The van der Waals surface area contributed by atoms with Crippen LogP contribution in [0.15, 0.2) is 6.33 Å². The van der Waals surface area contributed by atoms with Crippen molar-refractivity contribution >= 4 is 0 Å². The van der Waals surface area contributed by atoms with E-state index in [2.05, 4.69) is 28.7 Å². The highest BCUT2D eigenvalue weighted by atomic mass is 15.0. The molecule has 0 unspecified atom stereocenters. The molecule has 0 saturated heterocycles. The Kier molecular flexibility index (Phi) is 3.10. The minimum Gasteiger partial charge on any atom is -0.326 e. The van der Waals surface area contributed by atoms with Gasteiger partial charge in [0.15, 0.2) is 0 Å². The summed E-state index contributed by atoms with van der Waals surface area (Å²) in [6.07, 6.45) is 7.31. The summed E-state index contributed by atoms with van der Waals surface area (Å²) in [5, 5.41) is 0. The van der Waals surface area contributed by atoms with Gasteiger partial charge in [-0.3, -0.25) is 0 Å². The molecule has 0 amide bonds. The van der Waals surface area contributed by atoms with Crippen LogP contribution in [0, 0.1) is 23.7 Å². The molecule has 1 heterocycles. The highest BCUT2D eigenvalue weighted by molar-refractivity contribution is 5.42. The summed E-state index contributed by atoms with van der Waals surface area (Å²) in [7, 11) is 1.96. The third kappa shape index (κ3) is 2.42. The van der Waals surface area contributed by atoms with Gasteiger partial charge in [-0.1, -0.05) is 18.3 Å². The zero-order valence-corrected chi connectivity index (χ0v) is 9.01. The molecule has 0 aliphatic heterocycles. The third-order valence-electron chi connectivity index (χ3n) is 2.45. The van der Waals surface area contributed by atoms with Crippen molar-refractivity contribution in [2.24, 2.45) is 7.05 Å². The lowest BCUT2D eigenvalue weighted by Gasteiger charge is -1.92. The Hall–Kier alpha value is -1.67. The summed E-state index contributed by atoms with van der Waals surface area (Å²) >= 11 is 0. The number of aromatic nitrogens is 2. The van der Waals surface area contributed by atoms with Gasteiger partial charge < -0.3 is 4.57 Å². The zero-order chi connectivity index (χ0) is 10.5. The molecular formula is C13H14N2. The molecule has 0 spiro atoms. The first-order valence-corrected chi connectivity index (χ1v) is 5.37. The average Bonchev–Trinajstić information content (AvgIpc) is 2.56. The van der Waals surface area contributed by atoms with Crippen LogP contribution in [0.1, 0.15) is 43.5 Å². The summed E-state index contributed by atoms with van der Waals surface area (Å²) in [4.78, 5) is 4.25. The second-order valence-electron chi connectivity index (χ2n) is 3.72. The Labute approximate surface area is 90.7 Å². The van der Waals surface area contributed by atoms with Gasteiger partial charge >= 0.3 is 0 Å². The number of hydrogen-bond acceptors (Lipinski definition) is 1. The van der Waals surface area contributed by atoms with E-state index >= 15 is 0 Å². The number of hydrogen-bond donors (Lipinski definition) is 0. The van der Waals surface area contributed by atoms with Crippen molar-refractivity contribution in [3.63, 3.8) is 0 Å².